The quantitative estimate of drug-likeness (QED) is 0.848. The molecule has 0 aromatic rings. The molecule has 17 heavy (non-hydrogen) atoms. The molecule has 0 spiro atoms. The van der Waals surface area contributed by atoms with E-state index in [1.807, 2.05) is 0 Å². The van der Waals surface area contributed by atoms with E-state index in [1.54, 1.807) is 0 Å². The molecule has 102 valence electrons. The number of nitrogens with two attached hydrogens (primary N) is 1. The monoisotopic (exact) mass is 261 g/mol. The summed E-state index contributed by atoms with van der Waals surface area (Å²) in [7, 11) is -2.89. The zero-order valence-corrected chi connectivity index (χ0v) is 12.4. The van der Waals surface area contributed by atoms with E-state index in [1.165, 1.54) is 6.26 Å². The lowest BCUT2D eigenvalue weighted by molar-refractivity contribution is 0.239. The lowest BCUT2D eigenvalue weighted by atomic mass is 9.77. The van der Waals surface area contributed by atoms with Crippen LogP contribution in [0.1, 0.15) is 52.9 Å². The van der Waals surface area contributed by atoms with Crippen LogP contribution in [0.2, 0.25) is 0 Å². The van der Waals surface area contributed by atoms with Crippen molar-refractivity contribution >= 4 is 9.84 Å². The third-order valence-electron chi connectivity index (χ3n) is 3.73. The summed E-state index contributed by atoms with van der Waals surface area (Å²) in [5.41, 5.74) is 6.46. The van der Waals surface area contributed by atoms with Crippen molar-refractivity contribution in [1.29, 1.82) is 0 Å². The second kappa shape index (κ2) is 5.27. The van der Waals surface area contributed by atoms with Crippen LogP contribution >= 0.6 is 0 Å². The Balaban J connectivity index is 2.61. The third kappa shape index (κ3) is 4.96. The van der Waals surface area contributed by atoms with Crippen molar-refractivity contribution in [2.45, 2.75) is 64.2 Å². The van der Waals surface area contributed by atoms with Gasteiger partial charge in [0.25, 0.3) is 0 Å². The maximum Gasteiger partial charge on any atom is 0.150 e. The van der Waals surface area contributed by atoms with Gasteiger partial charge in [-0.2, -0.15) is 0 Å². The second-order valence-corrected chi connectivity index (χ2v) is 9.13. The SMILES string of the molecule is CC(C)(C)CC(N)C1CCCC(S(C)(=O)=O)C1. The van der Waals surface area contributed by atoms with Crippen LogP contribution in [0.3, 0.4) is 0 Å². The lowest BCUT2D eigenvalue weighted by Gasteiger charge is -2.34. The minimum Gasteiger partial charge on any atom is -0.327 e. The Labute approximate surface area is 106 Å². The standard InChI is InChI=1S/C13H27NO2S/c1-13(2,3)9-12(14)10-6-5-7-11(8-10)17(4,15)16/h10-12H,5-9,14H2,1-4H3. The van der Waals surface area contributed by atoms with Crippen molar-refractivity contribution in [2.75, 3.05) is 6.26 Å². The summed E-state index contributed by atoms with van der Waals surface area (Å²) in [4.78, 5) is 0. The highest BCUT2D eigenvalue weighted by molar-refractivity contribution is 7.91. The van der Waals surface area contributed by atoms with Crippen LogP contribution in [-0.2, 0) is 9.84 Å². The van der Waals surface area contributed by atoms with Crippen molar-refractivity contribution in [3.8, 4) is 0 Å². The molecule has 1 fully saturated rings. The van der Waals surface area contributed by atoms with Crippen LogP contribution in [0.4, 0.5) is 0 Å². The Bertz CT molecular complexity index is 343. The van der Waals surface area contributed by atoms with Gasteiger partial charge in [0.2, 0.25) is 0 Å². The Morgan fingerprint density at radius 3 is 2.35 bits per heavy atom. The van der Waals surface area contributed by atoms with Gasteiger partial charge < -0.3 is 5.73 Å². The Kier molecular flexibility index (Phi) is 4.64. The summed E-state index contributed by atoms with van der Waals surface area (Å²) in [6, 6.07) is 0.138. The van der Waals surface area contributed by atoms with Gasteiger partial charge in [-0.25, -0.2) is 8.42 Å². The van der Waals surface area contributed by atoms with Crippen molar-refractivity contribution in [3.63, 3.8) is 0 Å². The molecule has 0 aliphatic heterocycles. The van der Waals surface area contributed by atoms with Gasteiger partial charge >= 0.3 is 0 Å². The molecular weight excluding hydrogens is 234 g/mol. The first-order valence-corrected chi connectivity index (χ1v) is 8.49. The molecule has 1 aliphatic carbocycles. The smallest absolute Gasteiger partial charge is 0.150 e. The highest BCUT2D eigenvalue weighted by Crippen LogP contribution is 2.33. The average molecular weight is 261 g/mol. The highest BCUT2D eigenvalue weighted by Gasteiger charge is 2.32. The zero-order chi connectivity index (χ0) is 13.3. The largest absolute Gasteiger partial charge is 0.327 e. The topological polar surface area (TPSA) is 60.2 Å². The summed E-state index contributed by atoms with van der Waals surface area (Å²) < 4.78 is 23.2. The van der Waals surface area contributed by atoms with E-state index in [4.69, 9.17) is 5.73 Å². The summed E-state index contributed by atoms with van der Waals surface area (Å²) in [6.45, 7) is 6.55. The van der Waals surface area contributed by atoms with Gasteiger partial charge in [-0.05, 0) is 37.0 Å². The first kappa shape index (κ1) is 15.0. The number of hydrogen-bond donors (Lipinski definition) is 1. The van der Waals surface area contributed by atoms with Crippen molar-refractivity contribution in [1.82, 2.24) is 0 Å². The van der Waals surface area contributed by atoms with Gasteiger partial charge in [-0.15, -0.1) is 0 Å². The highest BCUT2D eigenvalue weighted by atomic mass is 32.2. The van der Waals surface area contributed by atoms with Gasteiger partial charge in [0, 0.05) is 12.3 Å². The van der Waals surface area contributed by atoms with Crippen molar-refractivity contribution in [3.05, 3.63) is 0 Å². The van der Waals surface area contributed by atoms with E-state index in [9.17, 15) is 8.42 Å². The molecule has 0 heterocycles. The first-order valence-electron chi connectivity index (χ1n) is 6.54. The van der Waals surface area contributed by atoms with E-state index in [0.717, 1.165) is 32.1 Å². The fourth-order valence-electron chi connectivity index (χ4n) is 2.83. The first-order chi connectivity index (χ1) is 7.59. The normalized spacial score (nSPS) is 29.0. The van der Waals surface area contributed by atoms with Gasteiger partial charge in [0.05, 0.1) is 5.25 Å². The van der Waals surface area contributed by atoms with Crippen LogP contribution in [-0.4, -0.2) is 26.0 Å². The Morgan fingerprint density at radius 1 is 1.29 bits per heavy atom. The molecule has 0 saturated heterocycles. The van der Waals surface area contributed by atoms with E-state index >= 15 is 0 Å². The maximum absolute atomic E-state index is 11.6. The van der Waals surface area contributed by atoms with E-state index in [0.29, 0.717) is 5.92 Å². The maximum atomic E-state index is 11.6. The van der Waals surface area contributed by atoms with Gasteiger partial charge in [0.15, 0.2) is 0 Å². The lowest BCUT2D eigenvalue weighted by Crippen LogP contribution is -2.39. The molecule has 0 radical (unpaired) electrons. The Hall–Kier alpha value is -0.0900. The molecule has 0 aromatic heterocycles. The molecule has 1 saturated carbocycles. The minimum atomic E-state index is -2.89. The number of sulfone groups is 1. The predicted molar refractivity (Wildman–Crippen MR) is 72.6 cm³/mol. The van der Waals surface area contributed by atoms with Crippen LogP contribution in [0.5, 0.6) is 0 Å². The molecule has 1 aliphatic rings. The molecule has 3 atom stereocenters. The van der Waals surface area contributed by atoms with Crippen molar-refractivity contribution in [2.24, 2.45) is 17.1 Å². The fourth-order valence-corrected chi connectivity index (χ4v) is 4.02. The Morgan fingerprint density at radius 2 is 1.88 bits per heavy atom. The molecule has 3 unspecified atom stereocenters. The summed E-state index contributed by atoms with van der Waals surface area (Å²) in [5, 5.41) is -0.160. The second-order valence-electron chi connectivity index (χ2n) is 6.81. The van der Waals surface area contributed by atoms with Gasteiger partial charge in [0.1, 0.15) is 9.84 Å². The third-order valence-corrected chi connectivity index (χ3v) is 5.36. The van der Waals surface area contributed by atoms with Gasteiger partial charge in [-0.1, -0.05) is 27.2 Å². The predicted octanol–water partition coefficient (Wildman–Crippen LogP) is 2.35. The molecule has 1 rings (SSSR count). The summed E-state index contributed by atoms with van der Waals surface area (Å²) >= 11 is 0. The molecule has 0 bridgehead atoms. The van der Waals surface area contributed by atoms with E-state index < -0.39 is 9.84 Å². The van der Waals surface area contributed by atoms with E-state index in [-0.39, 0.29) is 16.7 Å². The summed E-state index contributed by atoms with van der Waals surface area (Å²) in [6.07, 6.45) is 5.99. The fraction of sp³-hybridized carbons (Fsp3) is 1.00. The van der Waals surface area contributed by atoms with E-state index in [2.05, 4.69) is 20.8 Å². The molecule has 0 aromatic carbocycles. The zero-order valence-electron chi connectivity index (χ0n) is 11.6. The molecular formula is C13H27NO2S. The average Bonchev–Trinajstić information content (AvgIpc) is 2.14. The number of rotatable bonds is 3. The van der Waals surface area contributed by atoms with Crippen LogP contribution < -0.4 is 5.73 Å². The molecule has 3 nitrogen and oxygen atoms in total. The molecule has 2 N–H and O–H groups in total. The minimum absolute atomic E-state index is 0.138. The van der Waals surface area contributed by atoms with Crippen molar-refractivity contribution < 1.29 is 8.42 Å². The molecule has 0 amide bonds. The molecule has 4 heteroatoms. The van der Waals surface area contributed by atoms with Crippen LogP contribution in [0, 0.1) is 11.3 Å². The summed E-state index contributed by atoms with van der Waals surface area (Å²) in [5.74, 6) is 0.377. The van der Waals surface area contributed by atoms with Gasteiger partial charge in [-0.3, -0.25) is 0 Å². The van der Waals surface area contributed by atoms with Crippen LogP contribution in [0.15, 0.2) is 0 Å². The number of hydrogen-bond acceptors (Lipinski definition) is 3. The van der Waals surface area contributed by atoms with Crippen LogP contribution in [0.25, 0.3) is 0 Å².